The van der Waals surface area contributed by atoms with Gasteiger partial charge in [-0.1, -0.05) is 0 Å². The summed E-state index contributed by atoms with van der Waals surface area (Å²) in [7, 11) is 0. The summed E-state index contributed by atoms with van der Waals surface area (Å²) in [6, 6.07) is 0. The molecule has 0 saturated heterocycles. The van der Waals surface area contributed by atoms with E-state index in [2.05, 4.69) is 6.58 Å². The molecule has 0 aliphatic carbocycles. The average molecular weight is 379 g/mol. The molecule has 0 unspecified atom stereocenters. The summed E-state index contributed by atoms with van der Waals surface area (Å²) < 4.78 is 28.5. The monoisotopic (exact) mass is 380 g/mol. The van der Waals surface area contributed by atoms with Gasteiger partial charge in [0.1, 0.15) is 0 Å². The Labute approximate surface area is 137 Å². The molecule has 0 fully saturated rings. The summed E-state index contributed by atoms with van der Waals surface area (Å²) in [5, 5.41) is 0. The quantitative estimate of drug-likeness (QED) is 0.238. The molecule has 0 rings (SSSR count). The molecule has 0 N–H and O–H groups in total. The Morgan fingerprint density at radius 3 is 1.64 bits per heavy atom. The van der Waals surface area contributed by atoms with Gasteiger partial charge < -0.3 is 0 Å². The second kappa shape index (κ2) is 10.4. The van der Waals surface area contributed by atoms with Crippen molar-refractivity contribution in [2.75, 3.05) is 13.2 Å². The SMILES string of the molecule is C=C(C)C(=O)OCC[O][Ge]([O]C(C)C)([O]C(C)C)[O]C(C)C. The summed E-state index contributed by atoms with van der Waals surface area (Å²) in [6.07, 6.45) is -0.263. The molecule has 0 atom stereocenters. The van der Waals surface area contributed by atoms with E-state index in [-0.39, 0.29) is 31.5 Å². The molecular formula is C15H30GeO6. The summed E-state index contributed by atoms with van der Waals surface area (Å²) in [5.74, 6) is -0.443. The third-order valence-corrected chi connectivity index (χ3v) is 8.04. The van der Waals surface area contributed by atoms with Gasteiger partial charge in [-0.15, -0.1) is 0 Å². The minimum absolute atomic E-state index is 0.0875. The Kier molecular flexibility index (Phi) is 10.2. The Hall–Kier alpha value is -0.407. The summed E-state index contributed by atoms with van der Waals surface area (Å²) in [5.41, 5.74) is 0.350. The summed E-state index contributed by atoms with van der Waals surface area (Å²) in [6.45, 7) is 16.8. The third-order valence-electron chi connectivity index (χ3n) is 2.08. The maximum absolute atomic E-state index is 11.3. The first kappa shape index (κ1) is 21.6. The van der Waals surface area contributed by atoms with Crippen molar-refractivity contribution >= 4 is 20.6 Å². The maximum atomic E-state index is 11.3. The molecule has 0 aromatic heterocycles. The Bertz CT molecular complexity index is 327. The van der Waals surface area contributed by atoms with Crippen molar-refractivity contribution in [3.8, 4) is 0 Å². The van der Waals surface area contributed by atoms with E-state index in [4.69, 9.17) is 19.8 Å². The van der Waals surface area contributed by atoms with Crippen molar-refractivity contribution in [3.05, 3.63) is 12.2 Å². The Morgan fingerprint density at radius 1 is 0.909 bits per heavy atom. The van der Waals surface area contributed by atoms with Gasteiger partial charge in [-0.2, -0.15) is 0 Å². The van der Waals surface area contributed by atoms with E-state index in [1.54, 1.807) is 6.92 Å². The molecule has 0 amide bonds. The zero-order valence-corrected chi connectivity index (χ0v) is 16.9. The van der Waals surface area contributed by atoms with Crippen LogP contribution in [0.3, 0.4) is 0 Å². The molecule has 0 saturated carbocycles. The molecule has 0 heterocycles. The Morgan fingerprint density at radius 2 is 1.32 bits per heavy atom. The van der Waals surface area contributed by atoms with E-state index in [1.807, 2.05) is 41.5 Å². The van der Waals surface area contributed by atoms with E-state index in [9.17, 15) is 4.79 Å². The molecule has 0 radical (unpaired) electrons. The summed E-state index contributed by atoms with van der Waals surface area (Å²) >= 11 is -3.89. The molecule has 130 valence electrons. The van der Waals surface area contributed by atoms with Gasteiger partial charge in [0.15, 0.2) is 0 Å². The molecule has 7 heteroatoms. The number of hydrogen-bond acceptors (Lipinski definition) is 6. The van der Waals surface area contributed by atoms with Crippen molar-refractivity contribution in [2.45, 2.75) is 66.8 Å². The van der Waals surface area contributed by atoms with Crippen LogP contribution in [0.2, 0.25) is 0 Å². The van der Waals surface area contributed by atoms with Crippen LogP contribution >= 0.6 is 0 Å². The second-order valence-electron chi connectivity index (χ2n) is 5.76. The molecule has 22 heavy (non-hydrogen) atoms. The minimum atomic E-state index is -3.89. The van der Waals surface area contributed by atoms with Crippen LogP contribution in [0.25, 0.3) is 0 Å². The molecular weight excluding hydrogens is 349 g/mol. The molecule has 0 spiro atoms. The molecule has 0 aromatic rings. The normalized spacial score (nSPS) is 12.3. The van der Waals surface area contributed by atoms with Crippen LogP contribution in [0.5, 0.6) is 0 Å². The van der Waals surface area contributed by atoms with Crippen LogP contribution < -0.4 is 0 Å². The molecule has 0 aliphatic rings. The van der Waals surface area contributed by atoms with Crippen molar-refractivity contribution in [3.63, 3.8) is 0 Å². The molecule has 0 aliphatic heterocycles. The standard InChI is InChI=1S/C15H30GeO6/c1-11(2)15(17)18-9-10-19-16(20-12(3)4,21-13(5)6)22-14(7)8/h12-14H,1,9-10H2,2-8H3. The van der Waals surface area contributed by atoms with Gasteiger partial charge in [-0.25, -0.2) is 0 Å². The first-order valence-corrected chi connectivity index (χ1v) is 11.0. The van der Waals surface area contributed by atoms with Crippen molar-refractivity contribution in [1.29, 1.82) is 0 Å². The van der Waals surface area contributed by atoms with Gasteiger partial charge in [0.25, 0.3) is 0 Å². The number of hydrogen-bond donors (Lipinski definition) is 0. The third kappa shape index (κ3) is 9.58. The number of esters is 1. The predicted octanol–water partition coefficient (Wildman–Crippen LogP) is 2.83. The number of carbonyl (C=O) groups excluding carboxylic acids is 1. The zero-order valence-electron chi connectivity index (χ0n) is 14.8. The van der Waals surface area contributed by atoms with Gasteiger partial charge in [-0.3, -0.25) is 0 Å². The molecule has 6 nitrogen and oxygen atoms in total. The number of ether oxygens (including phenoxy) is 1. The van der Waals surface area contributed by atoms with E-state index in [0.717, 1.165) is 0 Å². The number of carbonyl (C=O) groups is 1. The fourth-order valence-corrected chi connectivity index (χ4v) is 6.59. The molecule has 0 bridgehead atoms. The van der Waals surface area contributed by atoms with Crippen LogP contribution in [0.15, 0.2) is 12.2 Å². The van der Waals surface area contributed by atoms with Crippen LogP contribution in [0.4, 0.5) is 0 Å². The summed E-state index contributed by atoms with van der Waals surface area (Å²) in [4.78, 5) is 11.3. The zero-order chi connectivity index (χ0) is 17.3. The Balaban J connectivity index is 4.73. The van der Waals surface area contributed by atoms with Gasteiger partial charge >= 0.3 is 137 Å². The van der Waals surface area contributed by atoms with Gasteiger partial charge in [0.05, 0.1) is 0 Å². The van der Waals surface area contributed by atoms with Crippen LogP contribution in [-0.4, -0.2) is 52.1 Å². The van der Waals surface area contributed by atoms with Crippen molar-refractivity contribution in [2.24, 2.45) is 0 Å². The number of rotatable bonds is 11. The fourth-order valence-electron chi connectivity index (χ4n) is 1.48. The van der Waals surface area contributed by atoms with Gasteiger partial charge in [0.2, 0.25) is 0 Å². The van der Waals surface area contributed by atoms with E-state index in [1.165, 1.54) is 0 Å². The first-order chi connectivity index (χ1) is 10.1. The van der Waals surface area contributed by atoms with Crippen LogP contribution in [0, 0.1) is 0 Å². The van der Waals surface area contributed by atoms with Crippen molar-refractivity contribution < 1.29 is 24.6 Å². The van der Waals surface area contributed by atoms with E-state index in [0.29, 0.717) is 5.57 Å². The van der Waals surface area contributed by atoms with Gasteiger partial charge in [-0.05, 0) is 0 Å². The van der Waals surface area contributed by atoms with E-state index < -0.39 is 20.6 Å². The van der Waals surface area contributed by atoms with Crippen LogP contribution in [-0.2, 0) is 24.6 Å². The molecule has 0 aromatic carbocycles. The topological polar surface area (TPSA) is 63.2 Å². The van der Waals surface area contributed by atoms with Crippen molar-refractivity contribution in [1.82, 2.24) is 0 Å². The first-order valence-electron chi connectivity index (χ1n) is 7.58. The van der Waals surface area contributed by atoms with Gasteiger partial charge in [0, 0.05) is 0 Å². The van der Waals surface area contributed by atoms with E-state index >= 15 is 0 Å². The predicted molar refractivity (Wildman–Crippen MR) is 86.1 cm³/mol. The average Bonchev–Trinajstić information content (AvgIpc) is 2.31. The fraction of sp³-hybridized carbons (Fsp3) is 0.800. The van der Waals surface area contributed by atoms with Crippen LogP contribution in [0.1, 0.15) is 48.5 Å². The second-order valence-corrected chi connectivity index (χ2v) is 9.95.